The highest BCUT2D eigenvalue weighted by atomic mass is 16.4. The van der Waals surface area contributed by atoms with E-state index in [1.54, 1.807) is 4.90 Å². The highest BCUT2D eigenvalue weighted by Crippen LogP contribution is 2.23. The summed E-state index contributed by atoms with van der Waals surface area (Å²) in [4.78, 5) is 27.3. The molecule has 0 bridgehead atoms. The summed E-state index contributed by atoms with van der Waals surface area (Å²) in [7, 11) is 0. The highest BCUT2D eigenvalue weighted by molar-refractivity contribution is 5.85. The van der Waals surface area contributed by atoms with E-state index in [0.29, 0.717) is 25.4 Å². The molecule has 2 unspecified atom stereocenters. The molecule has 6 nitrogen and oxygen atoms in total. The van der Waals surface area contributed by atoms with Crippen molar-refractivity contribution in [1.29, 1.82) is 0 Å². The van der Waals surface area contributed by atoms with Gasteiger partial charge in [-0.2, -0.15) is 0 Å². The van der Waals surface area contributed by atoms with Gasteiger partial charge in [-0.25, -0.2) is 4.79 Å². The lowest BCUT2D eigenvalue weighted by Gasteiger charge is -2.38. The molecule has 2 heterocycles. The monoisotopic (exact) mass is 283 g/mol. The Kier molecular flexibility index (Phi) is 4.99. The topological polar surface area (TPSA) is 86.9 Å². The molecule has 20 heavy (non-hydrogen) atoms. The Morgan fingerprint density at radius 3 is 2.45 bits per heavy atom. The average molecular weight is 283 g/mol. The molecule has 2 aliphatic heterocycles. The normalized spacial score (nSPS) is 29.4. The van der Waals surface area contributed by atoms with Gasteiger partial charge in [0.1, 0.15) is 6.04 Å². The third kappa shape index (κ3) is 3.70. The van der Waals surface area contributed by atoms with Crippen LogP contribution in [-0.4, -0.2) is 65.0 Å². The van der Waals surface area contributed by atoms with Gasteiger partial charge in [-0.05, 0) is 31.6 Å². The maximum atomic E-state index is 12.4. The summed E-state index contributed by atoms with van der Waals surface area (Å²) < 4.78 is 0. The first-order chi connectivity index (χ1) is 9.47. The molecule has 2 rings (SSSR count). The fourth-order valence-electron chi connectivity index (χ4n) is 3.07. The number of nitrogens with two attached hydrogens (primary N) is 1. The number of hydrogen-bond acceptors (Lipinski definition) is 4. The van der Waals surface area contributed by atoms with Gasteiger partial charge < -0.3 is 15.7 Å². The average Bonchev–Trinajstić information content (AvgIpc) is 2.41. The molecule has 0 aromatic rings. The zero-order valence-electron chi connectivity index (χ0n) is 12.1. The van der Waals surface area contributed by atoms with Gasteiger partial charge in [0.15, 0.2) is 0 Å². The van der Waals surface area contributed by atoms with E-state index in [1.807, 2.05) is 6.92 Å². The second kappa shape index (κ2) is 6.54. The maximum absolute atomic E-state index is 12.4. The zero-order chi connectivity index (χ0) is 14.7. The predicted molar refractivity (Wildman–Crippen MR) is 75.2 cm³/mol. The Morgan fingerprint density at radius 1 is 1.20 bits per heavy atom. The minimum absolute atomic E-state index is 0.0558. The van der Waals surface area contributed by atoms with E-state index in [-0.39, 0.29) is 11.9 Å². The minimum atomic E-state index is -0.884. The quantitative estimate of drug-likeness (QED) is 0.768. The maximum Gasteiger partial charge on any atom is 0.326 e. The minimum Gasteiger partial charge on any atom is -0.480 e. The summed E-state index contributed by atoms with van der Waals surface area (Å²) in [6, 6.07) is -0.415. The van der Waals surface area contributed by atoms with Crippen LogP contribution in [0.3, 0.4) is 0 Å². The van der Waals surface area contributed by atoms with Crippen molar-refractivity contribution in [2.45, 2.75) is 44.7 Å². The van der Waals surface area contributed by atoms with E-state index in [9.17, 15) is 14.7 Å². The molecule has 2 fully saturated rings. The van der Waals surface area contributed by atoms with Gasteiger partial charge in [0.2, 0.25) is 5.91 Å². The largest absolute Gasteiger partial charge is 0.480 e. The van der Waals surface area contributed by atoms with E-state index < -0.39 is 12.0 Å². The van der Waals surface area contributed by atoms with Crippen LogP contribution in [0.5, 0.6) is 0 Å². The third-order valence-corrected chi connectivity index (χ3v) is 4.46. The summed E-state index contributed by atoms with van der Waals surface area (Å²) in [6.45, 7) is 4.59. The molecular formula is C14H25N3O3. The number of nitrogens with zero attached hydrogens (tertiary/aromatic N) is 2. The second-order valence-corrected chi connectivity index (χ2v) is 6.18. The van der Waals surface area contributed by atoms with Gasteiger partial charge in [0.05, 0.1) is 6.54 Å². The van der Waals surface area contributed by atoms with E-state index in [4.69, 9.17) is 5.73 Å². The number of likely N-dealkylation sites (tertiary alicyclic amines) is 2. The number of amides is 1. The van der Waals surface area contributed by atoms with Crippen molar-refractivity contribution in [2.75, 3.05) is 26.2 Å². The van der Waals surface area contributed by atoms with Crippen molar-refractivity contribution in [3.63, 3.8) is 0 Å². The van der Waals surface area contributed by atoms with Crippen LogP contribution in [0.4, 0.5) is 0 Å². The SMILES string of the molecule is CC1CCN(C(=O)CN2CCC(N)CC2)C(C(=O)O)C1. The van der Waals surface area contributed by atoms with Gasteiger partial charge >= 0.3 is 5.97 Å². The van der Waals surface area contributed by atoms with Crippen LogP contribution < -0.4 is 5.73 Å². The van der Waals surface area contributed by atoms with Crippen LogP contribution in [0.15, 0.2) is 0 Å². The van der Waals surface area contributed by atoms with Crippen LogP contribution in [0.2, 0.25) is 0 Å². The first-order valence-corrected chi connectivity index (χ1v) is 7.47. The summed E-state index contributed by atoms with van der Waals surface area (Å²) in [5.74, 6) is -0.571. The first kappa shape index (κ1) is 15.3. The van der Waals surface area contributed by atoms with Crippen LogP contribution in [0, 0.1) is 5.92 Å². The van der Waals surface area contributed by atoms with E-state index in [2.05, 4.69) is 4.90 Å². The van der Waals surface area contributed by atoms with Crippen molar-refractivity contribution in [2.24, 2.45) is 11.7 Å². The number of carbonyl (C=O) groups is 2. The van der Waals surface area contributed by atoms with Gasteiger partial charge in [-0.1, -0.05) is 6.92 Å². The highest BCUT2D eigenvalue weighted by Gasteiger charge is 2.35. The molecular weight excluding hydrogens is 258 g/mol. The Hall–Kier alpha value is -1.14. The van der Waals surface area contributed by atoms with E-state index in [1.165, 1.54) is 0 Å². The molecule has 3 N–H and O–H groups in total. The number of hydrogen-bond donors (Lipinski definition) is 2. The molecule has 2 aliphatic rings. The van der Waals surface area contributed by atoms with Crippen molar-refractivity contribution < 1.29 is 14.7 Å². The molecule has 2 saturated heterocycles. The van der Waals surface area contributed by atoms with E-state index >= 15 is 0 Å². The third-order valence-electron chi connectivity index (χ3n) is 4.46. The number of carboxylic acids is 1. The lowest BCUT2D eigenvalue weighted by Crippen LogP contribution is -2.53. The second-order valence-electron chi connectivity index (χ2n) is 6.18. The summed E-state index contributed by atoms with van der Waals surface area (Å²) in [5.41, 5.74) is 5.85. The Labute approximate surface area is 119 Å². The molecule has 0 saturated carbocycles. The number of aliphatic carboxylic acids is 1. The predicted octanol–water partition coefficient (Wildman–Crippen LogP) is 0.121. The Balaban J connectivity index is 1.91. The van der Waals surface area contributed by atoms with Crippen molar-refractivity contribution in [3.05, 3.63) is 0 Å². The zero-order valence-corrected chi connectivity index (χ0v) is 12.1. The molecule has 0 aromatic carbocycles. The molecule has 0 aromatic heterocycles. The van der Waals surface area contributed by atoms with Crippen molar-refractivity contribution in [1.82, 2.24) is 9.80 Å². The fraction of sp³-hybridized carbons (Fsp3) is 0.857. The van der Waals surface area contributed by atoms with Crippen LogP contribution in [0.25, 0.3) is 0 Å². The molecule has 1 amide bonds. The van der Waals surface area contributed by atoms with Gasteiger partial charge in [-0.15, -0.1) is 0 Å². The summed E-state index contributed by atoms with van der Waals surface area (Å²) in [5, 5.41) is 9.29. The van der Waals surface area contributed by atoms with Crippen LogP contribution in [0.1, 0.15) is 32.6 Å². The lowest BCUT2D eigenvalue weighted by atomic mass is 9.92. The molecule has 0 radical (unpaired) electrons. The van der Waals surface area contributed by atoms with Gasteiger partial charge in [-0.3, -0.25) is 9.69 Å². The lowest BCUT2D eigenvalue weighted by molar-refractivity contribution is -0.153. The first-order valence-electron chi connectivity index (χ1n) is 7.47. The number of piperidine rings is 2. The number of carbonyl (C=O) groups excluding carboxylic acids is 1. The molecule has 0 aliphatic carbocycles. The van der Waals surface area contributed by atoms with Gasteiger partial charge in [0.25, 0.3) is 0 Å². The van der Waals surface area contributed by atoms with Crippen LogP contribution in [-0.2, 0) is 9.59 Å². The summed E-state index contributed by atoms with van der Waals surface area (Å²) in [6.07, 6.45) is 3.27. The van der Waals surface area contributed by atoms with Crippen LogP contribution >= 0.6 is 0 Å². The van der Waals surface area contributed by atoms with Crippen molar-refractivity contribution >= 4 is 11.9 Å². The molecule has 2 atom stereocenters. The smallest absolute Gasteiger partial charge is 0.326 e. The molecule has 0 spiro atoms. The Morgan fingerprint density at radius 2 is 1.85 bits per heavy atom. The summed E-state index contributed by atoms with van der Waals surface area (Å²) >= 11 is 0. The molecule has 114 valence electrons. The number of rotatable bonds is 3. The van der Waals surface area contributed by atoms with Gasteiger partial charge in [0, 0.05) is 25.7 Å². The fourth-order valence-corrected chi connectivity index (χ4v) is 3.07. The van der Waals surface area contributed by atoms with Crippen molar-refractivity contribution in [3.8, 4) is 0 Å². The number of carboxylic acid groups (broad SMARTS) is 1. The van der Waals surface area contributed by atoms with E-state index in [0.717, 1.165) is 32.4 Å². The molecule has 6 heteroatoms. The standard InChI is InChI=1S/C14H25N3O3/c1-10-2-7-17(12(8-10)14(19)20)13(18)9-16-5-3-11(15)4-6-16/h10-12H,2-9,15H2,1H3,(H,19,20). The Bertz CT molecular complexity index is 367.